The summed E-state index contributed by atoms with van der Waals surface area (Å²) in [5.74, 6) is 5.67. The van der Waals surface area contributed by atoms with Crippen LogP contribution in [0.2, 0.25) is 0 Å². The third-order valence-electron chi connectivity index (χ3n) is 3.25. The van der Waals surface area contributed by atoms with Crippen molar-refractivity contribution in [3.8, 4) is 0 Å². The van der Waals surface area contributed by atoms with E-state index < -0.39 is 0 Å². The Hall–Kier alpha value is -1.84. The molecule has 4 heteroatoms. The molecule has 0 saturated heterocycles. The molecule has 0 bridgehead atoms. The molecule has 0 aliphatic heterocycles. The minimum absolute atomic E-state index is 0. The van der Waals surface area contributed by atoms with Crippen molar-refractivity contribution < 1.29 is 4.79 Å². The third kappa shape index (κ3) is 4.06. The molecule has 0 heterocycles. The van der Waals surface area contributed by atoms with Crippen LogP contribution in [0.1, 0.15) is 36.7 Å². The Balaban J connectivity index is 0.00000220. The molecule has 0 aromatic heterocycles. The van der Waals surface area contributed by atoms with E-state index in [1.54, 1.807) is 12.1 Å². The van der Waals surface area contributed by atoms with Crippen molar-refractivity contribution in [2.45, 2.75) is 26.2 Å². The predicted molar refractivity (Wildman–Crippen MR) is 89.8 cm³/mol. The summed E-state index contributed by atoms with van der Waals surface area (Å²) in [5.41, 5.74) is 2.53. The van der Waals surface area contributed by atoms with Crippen molar-refractivity contribution in [3.63, 3.8) is 0 Å². The van der Waals surface area contributed by atoms with Gasteiger partial charge in [0.15, 0.2) is 0 Å². The zero-order valence-corrected chi connectivity index (χ0v) is 13.4. The highest BCUT2D eigenvalue weighted by atomic mass is 35.5. The largest absolute Gasteiger partial charge is 0.272 e. The number of rotatable bonds is 2. The first-order chi connectivity index (χ1) is 9.39. The lowest BCUT2D eigenvalue weighted by molar-refractivity contribution is 0.0987. The Labute approximate surface area is 132 Å². The molecule has 0 unspecified atom stereocenters. The van der Waals surface area contributed by atoms with Gasteiger partial charge in [0.25, 0.3) is 5.91 Å². The monoisotopic (exact) mass is 304 g/mol. The van der Waals surface area contributed by atoms with Crippen LogP contribution in [0.5, 0.6) is 0 Å². The first kappa shape index (κ1) is 17.2. The van der Waals surface area contributed by atoms with Crippen molar-refractivity contribution in [3.05, 3.63) is 65.7 Å². The zero-order valence-electron chi connectivity index (χ0n) is 12.5. The minimum atomic E-state index is -0.211. The first-order valence-electron chi connectivity index (χ1n) is 6.64. The number of hydrogen-bond acceptors (Lipinski definition) is 2. The van der Waals surface area contributed by atoms with Gasteiger partial charge in [0, 0.05) is 5.56 Å². The topological polar surface area (TPSA) is 46.3 Å². The molecular formula is C17H21ClN2O. The lowest BCUT2D eigenvalue weighted by Gasteiger charge is -2.20. The van der Waals surface area contributed by atoms with E-state index in [1.807, 2.05) is 42.5 Å². The Kier molecular flexibility index (Phi) is 5.53. The molecule has 0 radical (unpaired) electrons. The number of carbonyl (C=O) groups is 1. The van der Waals surface area contributed by atoms with Crippen molar-refractivity contribution in [1.82, 2.24) is 0 Å². The normalized spacial score (nSPS) is 10.7. The molecule has 0 aliphatic rings. The molecule has 0 fully saturated rings. The molecule has 21 heavy (non-hydrogen) atoms. The lowest BCUT2D eigenvalue weighted by Crippen LogP contribution is -2.37. The van der Waals surface area contributed by atoms with Crippen LogP contribution in [0, 0.1) is 0 Å². The van der Waals surface area contributed by atoms with E-state index in [4.69, 9.17) is 5.84 Å². The highest BCUT2D eigenvalue weighted by Gasteiger charge is 2.17. The molecule has 2 N–H and O–H groups in total. The van der Waals surface area contributed by atoms with Gasteiger partial charge in [0.05, 0.1) is 5.69 Å². The van der Waals surface area contributed by atoms with E-state index in [1.165, 1.54) is 10.6 Å². The maximum absolute atomic E-state index is 12.3. The summed E-state index contributed by atoms with van der Waals surface area (Å²) in [6, 6.07) is 16.8. The fourth-order valence-corrected chi connectivity index (χ4v) is 1.96. The number of halogens is 1. The molecule has 112 valence electrons. The van der Waals surface area contributed by atoms with E-state index in [-0.39, 0.29) is 23.7 Å². The van der Waals surface area contributed by atoms with Crippen LogP contribution in [0.15, 0.2) is 54.6 Å². The molecular weight excluding hydrogens is 284 g/mol. The number of hydrazine groups is 1. The third-order valence-corrected chi connectivity index (χ3v) is 3.25. The van der Waals surface area contributed by atoms with Crippen LogP contribution in [-0.4, -0.2) is 5.91 Å². The van der Waals surface area contributed by atoms with Crippen LogP contribution in [0.3, 0.4) is 0 Å². The highest BCUT2D eigenvalue weighted by molar-refractivity contribution is 6.05. The molecule has 0 aliphatic carbocycles. The number of amides is 1. The van der Waals surface area contributed by atoms with Gasteiger partial charge >= 0.3 is 0 Å². The quantitative estimate of drug-likeness (QED) is 0.519. The number of benzene rings is 2. The average molecular weight is 305 g/mol. The number of nitrogens with two attached hydrogens (primary N) is 1. The van der Waals surface area contributed by atoms with Crippen LogP contribution in [0.4, 0.5) is 5.69 Å². The Morgan fingerprint density at radius 2 is 1.48 bits per heavy atom. The molecule has 0 saturated carbocycles. The van der Waals surface area contributed by atoms with Gasteiger partial charge in [-0.25, -0.2) is 10.9 Å². The maximum Gasteiger partial charge on any atom is 0.272 e. The second kappa shape index (κ2) is 6.74. The van der Waals surface area contributed by atoms with E-state index in [0.29, 0.717) is 11.3 Å². The maximum atomic E-state index is 12.3. The molecule has 2 aromatic carbocycles. The fourth-order valence-electron chi connectivity index (χ4n) is 1.96. The van der Waals surface area contributed by atoms with Gasteiger partial charge in [0.2, 0.25) is 0 Å². The van der Waals surface area contributed by atoms with Gasteiger partial charge in [-0.15, -0.1) is 12.4 Å². The van der Waals surface area contributed by atoms with Crippen molar-refractivity contribution in [2.24, 2.45) is 5.84 Å². The molecule has 0 spiro atoms. The summed E-state index contributed by atoms with van der Waals surface area (Å²) in [7, 11) is 0. The second-order valence-corrected chi connectivity index (χ2v) is 5.84. The molecule has 3 nitrogen and oxygen atoms in total. The van der Waals surface area contributed by atoms with Crippen LogP contribution in [-0.2, 0) is 5.41 Å². The Morgan fingerprint density at radius 1 is 0.952 bits per heavy atom. The summed E-state index contributed by atoms with van der Waals surface area (Å²) < 4.78 is 0. The predicted octanol–water partition coefficient (Wildman–Crippen LogP) is 3.93. The van der Waals surface area contributed by atoms with Gasteiger partial charge in [0.1, 0.15) is 0 Å². The van der Waals surface area contributed by atoms with Gasteiger partial charge < -0.3 is 0 Å². The van der Waals surface area contributed by atoms with E-state index in [0.717, 1.165) is 0 Å². The van der Waals surface area contributed by atoms with Gasteiger partial charge in [-0.05, 0) is 35.2 Å². The standard InChI is InChI=1S/C17H20N2O.ClH/c1-17(2,3)14-11-9-13(10-12-14)16(20)19(18)15-7-5-4-6-8-15;/h4-12H,18H2,1-3H3;1H. The smallest absolute Gasteiger partial charge is 0.267 e. The molecule has 2 aromatic rings. The number of anilines is 1. The summed E-state index contributed by atoms with van der Waals surface area (Å²) in [5, 5.41) is 1.17. The summed E-state index contributed by atoms with van der Waals surface area (Å²) in [6.45, 7) is 6.43. The minimum Gasteiger partial charge on any atom is -0.267 e. The molecule has 1 amide bonds. The number of carbonyl (C=O) groups excluding carboxylic acids is 1. The van der Waals surface area contributed by atoms with Gasteiger partial charge in [-0.2, -0.15) is 0 Å². The number of hydrogen-bond donors (Lipinski definition) is 1. The summed E-state index contributed by atoms with van der Waals surface area (Å²) in [6.07, 6.45) is 0. The highest BCUT2D eigenvalue weighted by Crippen LogP contribution is 2.22. The first-order valence-corrected chi connectivity index (χ1v) is 6.64. The van der Waals surface area contributed by atoms with E-state index in [9.17, 15) is 4.79 Å². The van der Waals surface area contributed by atoms with Crippen molar-refractivity contribution in [1.29, 1.82) is 0 Å². The van der Waals surface area contributed by atoms with Gasteiger partial charge in [-0.1, -0.05) is 51.1 Å². The van der Waals surface area contributed by atoms with Crippen LogP contribution < -0.4 is 10.9 Å². The molecule has 0 atom stereocenters. The number of para-hydroxylation sites is 1. The fraction of sp³-hybridized carbons (Fsp3) is 0.235. The Morgan fingerprint density at radius 3 is 1.95 bits per heavy atom. The van der Waals surface area contributed by atoms with Crippen LogP contribution in [0.25, 0.3) is 0 Å². The summed E-state index contributed by atoms with van der Waals surface area (Å²) >= 11 is 0. The SMILES string of the molecule is CC(C)(C)c1ccc(C(=O)N(N)c2ccccc2)cc1.Cl. The van der Waals surface area contributed by atoms with Crippen LogP contribution >= 0.6 is 12.4 Å². The van der Waals surface area contributed by atoms with Crippen molar-refractivity contribution in [2.75, 3.05) is 5.01 Å². The van der Waals surface area contributed by atoms with Crippen molar-refractivity contribution >= 4 is 24.0 Å². The second-order valence-electron chi connectivity index (χ2n) is 5.84. The zero-order chi connectivity index (χ0) is 14.8. The average Bonchev–Trinajstić information content (AvgIpc) is 2.46. The van der Waals surface area contributed by atoms with Gasteiger partial charge in [-0.3, -0.25) is 4.79 Å². The van der Waals surface area contributed by atoms with E-state index >= 15 is 0 Å². The lowest BCUT2D eigenvalue weighted by atomic mass is 9.86. The number of nitrogens with zero attached hydrogens (tertiary/aromatic N) is 1. The summed E-state index contributed by atoms with van der Waals surface area (Å²) in [4.78, 5) is 12.3. The van der Waals surface area contributed by atoms with E-state index in [2.05, 4.69) is 20.8 Å². The molecule has 2 rings (SSSR count). The Bertz CT molecular complexity index is 588.